The number of phenolic OH excluding ortho intramolecular Hbond substituents is 1. The van der Waals surface area contributed by atoms with Crippen LogP contribution in [0.25, 0.3) is 6.08 Å². The zero-order chi connectivity index (χ0) is 35.6. The Balaban J connectivity index is 1.40. The summed E-state index contributed by atoms with van der Waals surface area (Å²) in [6.45, 7) is 0. The van der Waals surface area contributed by atoms with Crippen LogP contribution in [0.4, 0.5) is 11.4 Å². The molecule has 6 N–H and O–H groups in total. The Kier molecular flexibility index (Phi) is 11.2. The van der Waals surface area contributed by atoms with Crippen molar-refractivity contribution in [2.24, 2.45) is 0 Å². The molecule has 0 aliphatic rings. The van der Waals surface area contributed by atoms with Gasteiger partial charge in [0.1, 0.15) is 33.8 Å². The lowest BCUT2D eigenvalue weighted by Gasteiger charge is -2.18. The van der Waals surface area contributed by atoms with E-state index in [1.807, 2.05) is 6.07 Å². The number of ether oxygens (including phenoxy) is 1. The van der Waals surface area contributed by atoms with Crippen LogP contribution in [0, 0.1) is 0 Å². The van der Waals surface area contributed by atoms with Gasteiger partial charge >= 0.3 is 5.97 Å². The molecule has 252 valence electrons. The minimum atomic E-state index is -1.34. The highest BCUT2D eigenvalue weighted by Crippen LogP contribution is 2.37. The van der Waals surface area contributed by atoms with E-state index in [4.69, 9.17) is 4.74 Å². The van der Waals surface area contributed by atoms with E-state index in [9.17, 15) is 34.5 Å². The van der Waals surface area contributed by atoms with Gasteiger partial charge < -0.3 is 36.0 Å². The maximum absolute atomic E-state index is 13.7. The molecule has 0 spiro atoms. The molecule has 0 heterocycles. The molecule has 5 aromatic rings. The molecule has 1 atom stereocenters. The first-order chi connectivity index (χ1) is 24.1. The number of methoxy groups -OCH3 is 1. The highest BCUT2D eigenvalue weighted by molar-refractivity contribution is 8.00. The van der Waals surface area contributed by atoms with Crippen LogP contribution in [0.5, 0.6) is 17.2 Å². The Morgan fingerprint density at radius 2 is 1.46 bits per heavy atom. The van der Waals surface area contributed by atoms with Crippen LogP contribution >= 0.6 is 11.8 Å². The number of carboxylic acids is 1. The summed E-state index contributed by atoms with van der Waals surface area (Å²) in [7, 11) is 1.42. The van der Waals surface area contributed by atoms with Crippen LogP contribution in [0.3, 0.4) is 0 Å². The predicted octanol–water partition coefficient (Wildman–Crippen LogP) is 6.69. The molecule has 0 bridgehead atoms. The summed E-state index contributed by atoms with van der Waals surface area (Å²) in [6, 6.07) is 32.3. The Morgan fingerprint density at radius 3 is 2.16 bits per heavy atom. The van der Waals surface area contributed by atoms with E-state index in [1.54, 1.807) is 84.9 Å². The van der Waals surface area contributed by atoms with Crippen LogP contribution in [-0.2, 0) is 9.59 Å². The lowest BCUT2D eigenvalue weighted by molar-refractivity contribution is -0.116. The number of aromatic hydroxyl groups is 2. The lowest BCUT2D eigenvalue weighted by Crippen LogP contribution is -2.30. The molecule has 0 radical (unpaired) electrons. The minimum Gasteiger partial charge on any atom is -0.508 e. The van der Waals surface area contributed by atoms with Gasteiger partial charge in [-0.2, -0.15) is 0 Å². The fourth-order valence-corrected chi connectivity index (χ4v) is 5.88. The largest absolute Gasteiger partial charge is 0.508 e. The molecule has 0 aliphatic heterocycles. The van der Waals surface area contributed by atoms with Crippen molar-refractivity contribution in [3.8, 4) is 17.2 Å². The zero-order valence-electron chi connectivity index (χ0n) is 26.5. The van der Waals surface area contributed by atoms with Gasteiger partial charge in [0.05, 0.1) is 7.11 Å². The summed E-state index contributed by atoms with van der Waals surface area (Å²) in [5, 5.41) is 36.6. The number of aromatic carboxylic acids is 1. The molecule has 1 unspecified atom stereocenters. The fourth-order valence-electron chi connectivity index (χ4n) is 4.79. The van der Waals surface area contributed by atoms with Gasteiger partial charge in [0.2, 0.25) is 5.91 Å². The highest BCUT2D eigenvalue weighted by Gasteiger charge is 2.24. The SMILES string of the molecule is COc1cc(O)ccc1/C=C(/NC(=O)c1ccccc1)C(=O)Nc1cccc(SC(C(=O)Nc2ccc(O)c(C(=O)O)c2)c2ccccc2)c1. The van der Waals surface area contributed by atoms with Crippen molar-refractivity contribution in [1.82, 2.24) is 5.32 Å². The number of thioether (sulfide) groups is 1. The second-order valence-corrected chi connectivity index (χ2v) is 11.9. The normalized spacial score (nSPS) is 11.6. The van der Waals surface area contributed by atoms with Crippen LogP contribution in [0.1, 0.15) is 37.1 Å². The van der Waals surface area contributed by atoms with Crippen molar-refractivity contribution in [3.05, 3.63) is 149 Å². The second-order valence-electron chi connectivity index (χ2n) is 10.7. The van der Waals surface area contributed by atoms with E-state index in [-0.39, 0.29) is 28.4 Å². The van der Waals surface area contributed by atoms with Crippen molar-refractivity contribution in [2.45, 2.75) is 10.1 Å². The lowest BCUT2D eigenvalue weighted by atomic mass is 10.1. The standard InChI is InChI=1S/C38H31N3O8S/c1-49-33-22-28(42)17-15-25(33)19-31(41-35(44)24-11-6-3-7-12-24)36(45)39-26-13-8-14-29(20-26)50-34(23-9-4-2-5-10-23)37(46)40-27-16-18-32(43)30(21-27)38(47)48/h2-22,34,42-43H,1H3,(H,39,45)(H,40,46)(H,41,44)(H,47,48)/b31-19+. The van der Waals surface area contributed by atoms with E-state index < -0.39 is 34.7 Å². The van der Waals surface area contributed by atoms with Crippen LogP contribution in [0.2, 0.25) is 0 Å². The van der Waals surface area contributed by atoms with Crippen molar-refractivity contribution in [2.75, 3.05) is 17.7 Å². The molecule has 50 heavy (non-hydrogen) atoms. The summed E-state index contributed by atoms with van der Waals surface area (Å²) < 4.78 is 5.36. The molecule has 3 amide bonds. The zero-order valence-corrected chi connectivity index (χ0v) is 27.3. The second kappa shape index (κ2) is 16.0. The van der Waals surface area contributed by atoms with E-state index in [1.165, 1.54) is 55.3 Å². The minimum absolute atomic E-state index is 0.0387. The van der Waals surface area contributed by atoms with Gasteiger partial charge in [-0.05, 0) is 72.3 Å². The Morgan fingerprint density at radius 1 is 0.760 bits per heavy atom. The number of phenols is 2. The van der Waals surface area contributed by atoms with Crippen molar-refractivity contribution in [3.63, 3.8) is 0 Å². The molecule has 0 aliphatic carbocycles. The number of hydrogen-bond donors (Lipinski definition) is 6. The number of nitrogens with one attached hydrogen (secondary N) is 3. The van der Waals surface area contributed by atoms with Gasteiger partial charge in [-0.3, -0.25) is 14.4 Å². The molecular formula is C38H31N3O8S. The first-order valence-corrected chi connectivity index (χ1v) is 15.9. The molecule has 0 saturated heterocycles. The summed E-state index contributed by atoms with van der Waals surface area (Å²) in [4.78, 5) is 52.5. The van der Waals surface area contributed by atoms with Crippen LogP contribution < -0.4 is 20.7 Å². The molecule has 11 nitrogen and oxygen atoms in total. The first-order valence-electron chi connectivity index (χ1n) is 15.1. The third kappa shape index (κ3) is 8.88. The van der Waals surface area contributed by atoms with E-state index in [0.29, 0.717) is 27.3 Å². The summed E-state index contributed by atoms with van der Waals surface area (Å²) in [5.41, 5.74) is 1.53. The Labute approximate surface area is 291 Å². The molecule has 0 fully saturated rings. The molecule has 0 saturated carbocycles. The Hall–Kier alpha value is -6.53. The van der Waals surface area contributed by atoms with Crippen molar-refractivity contribution >= 4 is 52.9 Å². The number of rotatable bonds is 12. The molecule has 0 aromatic heterocycles. The van der Waals surface area contributed by atoms with Gasteiger partial charge in [-0.25, -0.2) is 4.79 Å². The molecule has 5 aromatic carbocycles. The van der Waals surface area contributed by atoms with Gasteiger partial charge in [0.25, 0.3) is 11.8 Å². The third-order valence-electron chi connectivity index (χ3n) is 7.23. The number of hydrogen-bond acceptors (Lipinski definition) is 8. The third-order valence-corrected chi connectivity index (χ3v) is 8.47. The number of anilines is 2. The van der Waals surface area contributed by atoms with Gasteiger partial charge in [-0.15, -0.1) is 11.8 Å². The molecule has 5 rings (SSSR count). The van der Waals surface area contributed by atoms with Gasteiger partial charge in [-0.1, -0.05) is 54.6 Å². The smallest absolute Gasteiger partial charge is 0.339 e. The number of carboxylic acid groups (broad SMARTS) is 1. The van der Waals surface area contributed by atoms with Gasteiger partial charge in [0, 0.05) is 33.5 Å². The van der Waals surface area contributed by atoms with E-state index in [2.05, 4.69) is 16.0 Å². The topological polar surface area (TPSA) is 174 Å². The average Bonchev–Trinajstić information content (AvgIpc) is 3.12. The van der Waals surface area contributed by atoms with Crippen LogP contribution in [-0.4, -0.2) is 46.1 Å². The predicted molar refractivity (Wildman–Crippen MR) is 190 cm³/mol. The summed E-state index contributed by atoms with van der Waals surface area (Å²) in [6.07, 6.45) is 1.43. The monoisotopic (exact) mass is 689 g/mol. The number of carbonyl (C=O) groups excluding carboxylic acids is 3. The highest BCUT2D eigenvalue weighted by atomic mass is 32.2. The maximum Gasteiger partial charge on any atom is 0.339 e. The van der Waals surface area contributed by atoms with E-state index in [0.717, 1.165) is 0 Å². The Bertz CT molecular complexity index is 2070. The van der Waals surface area contributed by atoms with Crippen molar-refractivity contribution < 1.29 is 39.2 Å². The fraction of sp³-hybridized carbons (Fsp3) is 0.0526. The molecule has 12 heteroatoms. The van der Waals surface area contributed by atoms with Crippen molar-refractivity contribution in [1.29, 1.82) is 0 Å². The quantitative estimate of drug-likeness (QED) is 0.0474. The first kappa shape index (κ1) is 34.8. The molecular weight excluding hydrogens is 658 g/mol. The van der Waals surface area contributed by atoms with E-state index >= 15 is 0 Å². The summed E-state index contributed by atoms with van der Waals surface area (Å²) in [5.74, 6) is -3.15. The van der Waals surface area contributed by atoms with Gasteiger partial charge in [0.15, 0.2) is 0 Å². The maximum atomic E-state index is 13.7. The number of benzene rings is 5. The summed E-state index contributed by atoms with van der Waals surface area (Å²) >= 11 is 1.20. The number of amides is 3. The average molecular weight is 690 g/mol. The number of carbonyl (C=O) groups is 4. The van der Waals surface area contributed by atoms with Crippen LogP contribution in [0.15, 0.2) is 132 Å².